The lowest BCUT2D eigenvalue weighted by Gasteiger charge is -2.23. The summed E-state index contributed by atoms with van der Waals surface area (Å²) in [5, 5.41) is 20.6. The molecule has 8 nitrogen and oxygen atoms in total. The van der Waals surface area contributed by atoms with Gasteiger partial charge in [-0.25, -0.2) is 9.98 Å². The highest BCUT2D eigenvalue weighted by atomic mass is 19.3. The number of guanidine groups is 1. The van der Waals surface area contributed by atoms with Crippen molar-refractivity contribution < 1.29 is 13.9 Å². The topological polar surface area (TPSA) is 92.3 Å². The average Bonchev–Trinajstić information content (AvgIpc) is 3.19. The molecule has 3 N–H and O–H groups in total. The summed E-state index contributed by atoms with van der Waals surface area (Å²) in [5.74, 6) is 0.557. The molecule has 2 aromatic heterocycles. The molecular weight excluding hydrogens is 332 g/mol. The lowest BCUT2D eigenvalue weighted by molar-refractivity contribution is 0.0616. The van der Waals surface area contributed by atoms with Crippen molar-refractivity contribution in [3.8, 4) is 0 Å². The molecule has 10 heteroatoms. The predicted molar refractivity (Wildman–Crippen MR) is 89.1 cm³/mol. The average molecular weight is 355 g/mol. The second-order valence-electron chi connectivity index (χ2n) is 5.75. The Morgan fingerprint density at radius 1 is 1.44 bits per heavy atom. The zero-order valence-electron chi connectivity index (χ0n) is 14.4. The van der Waals surface area contributed by atoms with Crippen LogP contribution in [0.15, 0.2) is 29.8 Å². The minimum Gasteiger partial charge on any atom is -0.383 e. The largest absolute Gasteiger partial charge is 0.383 e. The molecule has 25 heavy (non-hydrogen) atoms. The Kier molecular flexibility index (Phi) is 6.07. The Morgan fingerprint density at radius 3 is 2.80 bits per heavy atom. The van der Waals surface area contributed by atoms with Gasteiger partial charge in [-0.05, 0) is 13.8 Å². The van der Waals surface area contributed by atoms with Gasteiger partial charge in [0.05, 0.1) is 12.7 Å². The Labute approximate surface area is 144 Å². The SMILES string of the molecule is CCNC(=NCc1nccn1C(F)F)NCC(C)(O)c1cnn(C)c1. The van der Waals surface area contributed by atoms with Crippen LogP contribution in [0, 0.1) is 0 Å². The molecule has 0 radical (unpaired) electrons. The molecule has 0 aliphatic heterocycles. The normalized spacial score (nSPS) is 14.6. The third-order valence-electron chi connectivity index (χ3n) is 3.61. The molecule has 0 amide bonds. The van der Waals surface area contributed by atoms with E-state index in [1.807, 2.05) is 6.92 Å². The van der Waals surface area contributed by atoms with Gasteiger partial charge in [0.1, 0.15) is 18.0 Å². The van der Waals surface area contributed by atoms with E-state index >= 15 is 0 Å². The van der Waals surface area contributed by atoms with Gasteiger partial charge in [-0.2, -0.15) is 13.9 Å². The number of imidazole rings is 1. The smallest absolute Gasteiger partial charge is 0.319 e. The van der Waals surface area contributed by atoms with Crippen LogP contribution in [-0.4, -0.2) is 43.5 Å². The van der Waals surface area contributed by atoms with Gasteiger partial charge in [0.25, 0.3) is 0 Å². The first-order chi connectivity index (χ1) is 11.8. The van der Waals surface area contributed by atoms with Crippen molar-refractivity contribution in [1.82, 2.24) is 30.0 Å². The van der Waals surface area contributed by atoms with Gasteiger partial charge in [-0.3, -0.25) is 9.25 Å². The number of rotatable bonds is 7. The predicted octanol–water partition coefficient (Wildman–Crippen LogP) is 0.974. The first kappa shape index (κ1) is 18.8. The van der Waals surface area contributed by atoms with E-state index in [0.29, 0.717) is 18.1 Å². The number of hydrogen-bond acceptors (Lipinski definition) is 4. The van der Waals surface area contributed by atoms with E-state index in [2.05, 4.69) is 25.7 Å². The summed E-state index contributed by atoms with van der Waals surface area (Å²) >= 11 is 0. The summed E-state index contributed by atoms with van der Waals surface area (Å²) in [5.41, 5.74) is -0.502. The molecule has 0 aliphatic carbocycles. The summed E-state index contributed by atoms with van der Waals surface area (Å²) in [6.45, 7) is 1.63. The highest BCUT2D eigenvalue weighted by Gasteiger charge is 2.25. The van der Waals surface area contributed by atoms with E-state index in [4.69, 9.17) is 0 Å². The van der Waals surface area contributed by atoms with Gasteiger partial charge in [0.2, 0.25) is 0 Å². The second kappa shape index (κ2) is 8.06. The van der Waals surface area contributed by atoms with Gasteiger partial charge in [0.15, 0.2) is 5.96 Å². The highest BCUT2D eigenvalue weighted by Crippen LogP contribution is 2.18. The van der Waals surface area contributed by atoms with Crippen LogP contribution in [0.25, 0.3) is 0 Å². The number of nitrogens with one attached hydrogen (secondary N) is 2. The number of nitrogens with zero attached hydrogens (tertiary/aromatic N) is 5. The van der Waals surface area contributed by atoms with E-state index < -0.39 is 12.2 Å². The third-order valence-corrected chi connectivity index (χ3v) is 3.61. The maximum Gasteiger partial charge on any atom is 0.319 e. The Bertz CT molecular complexity index is 708. The second-order valence-corrected chi connectivity index (χ2v) is 5.75. The summed E-state index contributed by atoms with van der Waals surface area (Å²) in [6, 6.07) is 0. The lowest BCUT2D eigenvalue weighted by atomic mass is 10.00. The molecule has 2 aromatic rings. The first-order valence-corrected chi connectivity index (χ1v) is 7.87. The summed E-state index contributed by atoms with van der Waals surface area (Å²) in [4.78, 5) is 8.14. The van der Waals surface area contributed by atoms with Crippen LogP contribution in [0.5, 0.6) is 0 Å². The molecule has 2 heterocycles. The minimum absolute atomic E-state index is 0.0122. The van der Waals surface area contributed by atoms with Crippen molar-refractivity contribution >= 4 is 5.96 Å². The summed E-state index contributed by atoms with van der Waals surface area (Å²) < 4.78 is 28.0. The Balaban J connectivity index is 2.03. The number of halogens is 2. The van der Waals surface area contributed by atoms with Crippen molar-refractivity contribution in [2.45, 2.75) is 32.5 Å². The van der Waals surface area contributed by atoms with Gasteiger partial charge < -0.3 is 15.7 Å². The van der Waals surface area contributed by atoms with Crippen molar-refractivity contribution in [2.24, 2.45) is 12.0 Å². The molecule has 0 saturated carbocycles. The van der Waals surface area contributed by atoms with Gasteiger partial charge >= 0.3 is 6.55 Å². The van der Waals surface area contributed by atoms with Crippen molar-refractivity contribution in [2.75, 3.05) is 13.1 Å². The molecule has 0 aromatic carbocycles. The maximum absolute atomic E-state index is 12.8. The highest BCUT2D eigenvalue weighted by molar-refractivity contribution is 5.79. The molecular formula is C15H23F2N7O. The fraction of sp³-hybridized carbons (Fsp3) is 0.533. The monoisotopic (exact) mass is 355 g/mol. The first-order valence-electron chi connectivity index (χ1n) is 7.87. The van der Waals surface area contributed by atoms with Crippen molar-refractivity contribution in [3.63, 3.8) is 0 Å². The Morgan fingerprint density at radius 2 is 2.20 bits per heavy atom. The number of aliphatic imine (C=N–C) groups is 1. The Hall–Kier alpha value is -2.49. The van der Waals surface area contributed by atoms with Crippen LogP contribution < -0.4 is 10.6 Å². The molecule has 0 fully saturated rings. The van der Waals surface area contributed by atoms with E-state index in [-0.39, 0.29) is 18.9 Å². The molecule has 0 bridgehead atoms. The van der Waals surface area contributed by atoms with Gasteiger partial charge in [0, 0.05) is 37.7 Å². The van der Waals surface area contributed by atoms with Crippen LogP contribution in [-0.2, 0) is 19.2 Å². The minimum atomic E-state index is -2.66. The van der Waals surface area contributed by atoms with Crippen LogP contribution in [0.1, 0.15) is 31.8 Å². The molecule has 0 spiro atoms. The lowest BCUT2D eigenvalue weighted by Crippen LogP contribution is -2.44. The van der Waals surface area contributed by atoms with Gasteiger partial charge in [-0.15, -0.1) is 0 Å². The molecule has 138 valence electrons. The van der Waals surface area contributed by atoms with Crippen LogP contribution in [0.4, 0.5) is 8.78 Å². The summed E-state index contributed by atoms with van der Waals surface area (Å²) in [7, 11) is 1.77. The van der Waals surface area contributed by atoms with Gasteiger partial charge in [-0.1, -0.05) is 0 Å². The zero-order chi connectivity index (χ0) is 18.4. The number of alkyl halides is 2. The maximum atomic E-state index is 12.8. The third kappa shape index (κ3) is 4.99. The van der Waals surface area contributed by atoms with E-state index in [9.17, 15) is 13.9 Å². The van der Waals surface area contributed by atoms with Crippen molar-refractivity contribution in [1.29, 1.82) is 0 Å². The number of aliphatic hydroxyl groups is 1. The fourth-order valence-electron chi connectivity index (χ4n) is 2.19. The zero-order valence-corrected chi connectivity index (χ0v) is 14.4. The number of aryl methyl sites for hydroxylation is 1. The fourth-order valence-corrected chi connectivity index (χ4v) is 2.19. The molecule has 1 unspecified atom stereocenters. The van der Waals surface area contributed by atoms with Crippen LogP contribution >= 0.6 is 0 Å². The quantitative estimate of drug-likeness (QED) is 0.509. The molecule has 2 rings (SSSR count). The summed E-state index contributed by atoms with van der Waals surface area (Å²) in [6.07, 6.45) is 5.84. The van der Waals surface area contributed by atoms with Crippen LogP contribution in [0.3, 0.4) is 0 Å². The molecule has 1 atom stereocenters. The molecule has 0 aliphatic rings. The van der Waals surface area contributed by atoms with Crippen molar-refractivity contribution in [3.05, 3.63) is 36.2 Å². The van der Waals surface area contributed by atoms with E-state index in [1.165, 1.54) is 12.4 Å². The standard InChI is InChI=1S/C15H23F2N7O/c1-4-18-14(20-8-12-19-5-6-24(12)13(16)17)21-10-15(2,25)11-7-22-23(3)9-11/h5-7,9,13,25H,4,8,10H2,1-3H3,(H2,18,20,21). The number of hydrogen-bond donors (Lipinski definition) is 3. The number of aromatic nitrogens is 4. The van der Waals surface area contributed by atoms with E-state index in [0.717, 1.165) is 4.57 Å². The molecule has 0 saturated heterocycles. The van der Waals surface area contributed by atoms with Crippen LogP contribution in [0.2, 0.25) is 0 Å². The van der Waals surface area contributed by atoms with E-state index in [1.54, 1.807) is 31.0 Å².